The lowest BCUT2D eigenvalue weighted by molar-refractivity contribution is -0.132. The van der Waals surface area contributed by atoms with Crippen molar-refractivity contribution in [2.45, 2.75) is 50.8 Å². The van der Waals surface area contributed by atoms with E-state index in [-0.39, 0.29) is 23.8 Å². The SMILES string of the molecule is CCCN(Cc1ccc(-c2ccc(C)cc2)cc1)C(=O)Cn1cc(CN(C)C)c(=O)nc1SCc1ccc(F)cc1. The molecule has 0 spiro atoms. The van der Waals surface area contributed by atoms with E-state index < -0.39 is 0 Å². The minimum absolute atomic E-state index is 0.0423. The van der Waals surface area contributed by atoms with Crippen LogP contribution in [0.1, 0.15) is 35.6 Å². The van der Waals surface area contributed by atoms with Gasteiger partial charge in [0.05, 0.1) is 0 Å². The summed E-state index contributed by atoms with van der Waals surface area (Å²) in [5, 5.41) is 0.467. The Morgan fingerprint density at radius 3 is 2.12 bits per heavy atom. The summed E-state index contributed by atoms with van der Waals surface area (Å²) in [6, 6.07) is 23.0. The fraction of sp³-hybridized carbons (Fsp3) is 0.303. The van der Waals surface area contributed by atoms with Crippen molar-refractivity contribution >= 4 is 17.7 Å². The van der Waals surface area contributed by atoms with Gasteiger partial charge in [-0.2, -0.15) is 4.98 Å². The van der Waals surface area contributed by atoms with Crippen LogP contribution in [0.4, 0.5) is 4.39 Å². The van der Waals surface area contributed by atoms with Crippen molar-refractivity contribution in [1.29, 1.82) is 0 Å². The lowest BCUT2D eigenvalue weighted by Gasteiger charge is -2.24. The van der Waals surface area contributed by atoms with E-state index in [2.05, 4.69) is 67.4 Å². The molecule has 0 aliphatic heterocycles. The maximum atomic E-state index is 13.6. The molecule has 1 heterocycles. The molecule has 0 N–H and O–H groups in total. The summed E-state index contributed by atoms with van der Waals surface area (Å²) in [4.78, 5) is 34.5. The smallest absolute Gasteiger partial charge is 0.278 e. The highest BCUT2D eigenvalue weighted by Crippen LogP contribution is 2.23. The Labute approximate surface area is 245 Å². The number of nitrogens with zero attached hydrogens (tertiary/aromatic N) is 4. The molecular formula is C33H37FN4O2S. The van der Waals surface area contributed by atoms with Crippen LogP contribution >= 0.6 is 11.8 Å². The van der Waals surface area contributed by atoms with Crippen LogP contribution in [-0.4, -0.2) is 45.9 Å². The lowest BCUT2D eigenvalue weighted by atomic mass is 10.0. The van der Waals surface area contributed by atoms with Crippen LogP contribution in [-0.2, 0) is 30.2 Å². The highest BCUT2D eigenvalue weighted by atomic mass is 32.2. The molecule has 0 aliphatic rings. The number of hydrogen-bond acceptors (Lipinski definition) is 5. The Kier molecular flexibility index (Phi) is 10.5. The van der Waals surface area contributed by atoms with Gasteiger partial charge >= 0.3 is 0 Å². The fourth-order valence-corrected chi connectivity index (χ4v) is 5.42. The molecule has 6 nitrogen and oxygen atoms in total. The van der Waals surface area contributed by atoms with Crippen molar-refractivity contribution in [2.75, 3.05) is 20.6 Å². The molecule has 0 saturated carbocycles. The molecule has 41 heavy (non-hydrogen) atoms. The Bertz CT molecular complexity index is 1500. The first-order chi connectivity index (χ1) is 19.7. The number of carbonyl (C=O) groups is 1. The number of aromatic nitrogens is 2. The maximum absolute atomic E-state index is 13.6. The maximum Gasteiger partial charge on any atom is 0.278 e. The van der Waals surface area contributed by atoms with E-state index >= 15 is 0 Å². The van der Waals surface area contributed by atoms with Crippen molar-refractivity contribution in [2.24, 2.45) is 0 Å². The van der Waals surface area contributed by atoms with Gasteiger partial charge in [0.25, 0.3) is 5.56 Å². The number of thioether (sulfide) groups is 1. The molecule has 1 aromatic heterocycles. The fourth-order valence-electron chi connectivity index (χ4n) is 4.50. The topological polar surface area (TPSA) is 58.4 Å². The first kappa shape index (κ1) is 30.2. The third-order valence-electron chi connectivity index (χ3n) is 6.66. The van der Waals surface area contributed by atoms with Gasteiger partial charge < -0.3 is 14.4 Å². The highest BCUT2D eigenvalue weighted by molar-refractivity contribution is 7.98. The summed E-state index contributed by atoms with van der Waals surface area (Å²) >= 11 is 1.36. The second-order valence-corrected chi connectivity index (χ2v) is 11.5. The van der Waals surface area contributed by atoms with E-state index in [0.29, 0.717) is 36.1 Å². The molecular weight excluding hydrogens is 535 g/mol. The van der Waals surface area contributed by atoms with Crippen LogP contribution in [0.3, 0.4) is 0 Å². The van der Waals surface area contributed by atoms with Crippen LogP contribution < -0.4 is 5.56 Å². The predicted octanol–water partition coefficient (Wildman–Crippen LogP) is 6.15. The van der Waals surface area contributed by atoms with E-state index in [9.17, 15) is 14.0 Å². The summed E-state index contributed by atoms with van der Waals surface area (Å²) < 4.78 is 15.1. The van der Waals surface area contributed by atoms with Gasteiger partial charge in [-0.15, -0.1) is 0 Å². The molecule has 0 unspecified atom stereocenters. The van der Waals surface area contributed by atoms with Crippen LogP contribution in [0.15, 0.2) is 88.9 Å². The number of amides is 1. The van der Waals surface area contributed by atoms with Crippen LogP contribution in [0, 0.1) is 12.7 Å². The molecule has 0 radical (unpaired) electrons. The molecule has 214 valence electrons. The van der Waals surface area contributed by atoms with Crippen molar-refractivity contribution in [3.05, 3.63) is 117 Å². The summed E-state index contributed by atoms with van der Waals surface area (Å²) in [6.45, 7) is 5.74. The Morgan fingerprint density at radius 1 is 0.902 bits per heavy atom. The first-order valence-corrected chi connectivity index (χ1v) is 14.8. The summed E-state index contributed by atoms with van der Waals surface area (Å²) in [7, 11) is 3.78. The van der Waals surface area contributed by atoms with Gasteiger partial charge in [-0.25, -0.2) is 4.39 Å². The molecule has 0 aliphatic carbocycles. The number of carbonyl (C=O) groups excluding carboxylic acids is 1. The average Bonchev–Trinajstić information content (AvgIpc) is 2.95. The Morgan fingerprint density at radius 2 is 1.51 bits per heavy atom. The van der Waals surface area contributed by atoms with E-state index in [1.807, 2.05) is 23.9 Å². The Hall–Kier alpha value is -3.75. The predicted molar refractivity (Wildman–Crippen MR) is 164 cm³/mol. The highest BCUT2D eigenvalue weighted by Gasteiger charge is 2.18. The number of aryl methyl sites for hydroxylation is 1. The van der Waals surface area contributed by atoms with Crippen LogP contribution in [0.25, 0.3) is 11.1 Å². The second kappa shape index (κ2) is 14.2. The normalized spacial score (nSPS) is 11.2. The molecule has 4 rings (SSSR count). The van der Waals surface area contributed by atoms with Crippen molar-refractivity contribution in [1.82, 2.24) is 19.4 Å². The van der Waals surface area contributed by atoms with E-state index in [1.165, 1.54) is 29.5 Å². The van der Waals surface area contributed by atoms with E-state index in [1.54, 1.807) is 22.9 Å². The van der Waals surface area contributed by atoms with Crippen LogP contribution in [0.2, 0.25) is 0 Å². The third-order valence-corrected chi connectivity index (χ3v) is 7.72. The Balaban J connectivity index is 1.53. The standard InChI is InChI=1S/C33H37FN4O2S/c1-5-18-37(19-25-8-14-28(15-9-25)27-12-6-24(2)7-13-27)31(39)22-38-21-29(20-36(3)4)32(40)35-33(38)41-23-26-10-16-30(34)17-11-26/h6-17,21H,5,18-20,22-23H2,1-4H3. The second-order valence-electron chi connectivity index (χ2n) is 10.5. The van der Waals surface area contributed by atoms with Gasteiger partial charge in [0.1, 0.15) is 12.4 Å². The molecule has 3 aromatic carbocycles. The number of hydrogen-bond donors (Lipinski definition) is 0. The number of benzene rings is 3. The van der Waals surface area contributed by atoms with Gasteiger partial charge in [0.15, 0.2) is 5.16 Å². The molecule has 8 heteroatoms. The summed E-state index contributed by atoms with van der Waals surface area (Å²) in [5.41, 5.74) is 5.71. The van der Waals surface area contributed by atoms with Crippen molar-refractivity contribution in [3.63, 3.8) is 0 Å². The molecule has 0 fully saturated rings. The van der Waals surface area contributed by atoms with Gasteiger partial charge in [-0.1, -0.05) is 84.9 Å². The van der Waals surface area contributed by atoms with Gasteiger partial charge in [-0.05, 0) is 61.8 Å². The zero-order valence-corrected chi connectivity index (χ0v) is 25.0. The largest absolute Gasteiger partial charge is 0.337 e. The van der Waals surface area contributed by atoms with Gasteiger partial charge in [0, 0.05) is 37.1 Å². The lowest BCUT2D eigenvalue weighted by Crippen LogP contribution is -2.35. The number of rotatable bonds is 12. The monoisotopic (exact) mass is 572 g/mol. The molecule has 0 atom stereocenters. The minimum atomic E-state index is -0.303. The van der Waals surface area contributed by atoms with E-state index in [4.69, 9.17) is 0 Å². The molecule has 1 amide bonds. The number of halogens is 1. The van der Waals surface area contributed by atoms with Crippen molar-refractivity contribution < 1.29 is 9.18 Å². The quantitative estimate of drug-likeness (QED) is 0.151. The summed E-state index contributed by atoms with van der Waals surface area (Å²) in [5.74, 6) is 0.160. The average molecular weight is 573 g/mol. The molecule has 4 aromatic rings. The minimum Gasteiger partial charge on any atom is -0.337 e. The van der Waals surface area contributed by atoms with Crippen LogP contribution in [0.5, 0.6) is 0 Å². The zero-order valence-electron chi connectivity index (χ0n) is 24.1. The summed E-state index contributed by atoms with van der Waals surface area (Å²) in [6.07, 6.45) is 2.58. The van der Waals surface area contributed by atoms with E-state index in [0.717, 1.165) is 28.7 Å². The molecule has 0 saturated heterocycles. The zero-order chi connectivity index (χ0) is 29.4. The van der Waals surface area contributed by atoms with Crippen molar-refractivity contribution in [3.8, 4) is 11.1 Å². The third kappa shape index (κ3) is 8.62. The van der Waals surface area contributed by atoms with Gasteiger partial charge in [0.2, 0.25) is 5.91 Å². The molecule has 0 bridgehead atoms. The van der Waals surface area contributed by atoms with Gasteiger partial charge in [-0.3, -0.25) is 9.59 Å². The first-order valence-electron chi connectivity index (χ1n) is 13.8.